The van der Waals surface area contributed by atoms with Crippen LogP contribution in [0.1, 0.15) is 31.7 Å². The Morgan fingerprint density at radius 2 is 2.07 bits per heavy atom. The van der Waals surface area contributed by atoms with E-state index in [2.05, 4.69) is 27.3 Å². The van der Waals surface area contributed by atoms with Crippen LogP contribution in [0.2, 0.25) is 0 Å². The Hall–Kier alpha value is -1.26. The normalized spacial score (nSPS) is 21.8. The Balaban J connectivity index is 0.00000320. The number of nitrogens with one attached hydrogen (secondary N) is 1. The third kappa shape index (κ3) is 6.88. The topological polar surface area (TPSA) is 64.6 Å². The van der Waals surface area contributed by atoms with Gasteiger partial charge < -0.3 is 29.2 Å². The first-order valence-corrected chi connectivity index (χ1v) is 10.7. The molecule has 2 saturated heterocycles. The molecule has 0 bridgehead atoms. The number of ether oxygens (including phenoxy) is 4. The molecule has 170 valence electrons. The van der Waals surface area contributed by atoms with E-state index < -0.39 is 0 Å². The molecule has 2 fully saturated rings. The molecule has 1 aromatic rings. The van der Waals surface area contributed by atoms with Crippen molar-refractivity contribution in [1.82, 2.24) is 10.2 Å². The average molecular weight is 533 g/mol. The Bertz CT molecular complexity index is 668. The van der Waals surface area contributed by atoms with E-state index in [0.29, 0.717) is 6.61 Å². The molecule has 0 radical (unpaired) electrons. The summed E-state index contributed by atoms with van der Waals surface area (Å²) in [7, 11) is 3.51. The number of nitrogens with zero attached hydrogens (tertiary/aromatic N) is 2. The number of halogens is 1. The third-order valence-corrected chi connectivity index (χ3v) is 5.44. The summed E-state index contributed by atoms with van der Waals surface area (Å²) in [5.74, 6) is 2.54. The van der Waals surface area contributed by atoms with Crippen LogP contribution in [0.25, 0.3) is 0 Å². The summed E-state index contributed by atoms with van der Waals surface area (Å²) < 4.78 is 22.8. The van der Waals surface area contributed by atoms with E-state index in [1.807, 2.05) is 20.0 Å². The Morgan fingerprint density at radius 1 is 1.23 bits per heavy atom. The highest BCUT2D eigenvalue weighted by molar-refractivity contribution is 14.0. The van der Waals surface area contributed by atoms with Gasteiger partial charge in [0.05, 0.1) is 26.4 Å². The van der Waals surface area contributed by atoms with Crippen LogP contribution in [0.3, 0.4) is 0 Å². The van der Waals surface area contributed by atoms with E-state index in [-0.39, 0.29) is 36.2 Å². The molecule has 2 aliphatic heterocycles. The summed E-state index contributed by atoms with van der Waals surface area (Å²) in [5, 5.41) is 3.51. The number of hydrogen-bond acceptors (Lipinski definition) is 5. The zero-order chi connectivity index (χ0) is 20.5. The number of methoxy groups -OCH3 is 1. The van der Waals surface area contributed by atoms with Crippen molar-refractivity contribution in [2.45, 2.75) is 44.8 Å². The smallest absolute Gasteiger partial charge is 0.193 e. The van der Waals surface area contributed by atoms with Gasteiger partial charge in [0.1, 0.15) is 6.10 Å². The van der Waals surface area contributed by atoms with E-state index in [1.54, 1.807) is 7.11 Å². The number of aryl methyl sites for hydroxylation is 1. The monoisotopic (exact) mass is 533 g/mol. The Labute approximate surface area is 197 Å². The summed E-state index contributed by atoms with van der Waals surface area (Å²) in [4.78, 5) is 6.77. The minimum absolute atomic E-state index is 0. The van der Waals surface area contributed by atoms with E-state index in [1.165, 1.54) is 5.56 Å². The van der Waals surface area contributed by atoms with Crippen LogP contribution in [0.15, 0.2) is 23.2 Å². The van der Waals surface area contributed by atoms with Crippen LogP contribution in [0.5, 0.6) is 11.5 Å². The second-order valence-corrected chi connectivity index (χ2v) is 7.40. The van der Waals surface area contributed by atoms with Crippen LogP contribution < -0.4 is 14.8 Å². The van der Waals surface area contributed by atoms with E-state index in [0.717, 1.165) is 76.0 Å². The molecule has 0 amide bonds. The lowest BCUT2D eigenvalue weighted by atomic mass is 10.1. The number of guanidine groups is 1. The molecule has 2 unspecified atom stereocenters. The van der Waals surface area contributed by atoms with Crippen molar-refractivity contribution < 1.29 is 18.9 Å². The van der Waals surface area contributed by atoms with Crippen molar-refractivity contribution in [2.75, 3.05) is 53.6 Å². The fourth-order valence-corrected chi connectivity index (χ4v) is 3.96. The van der Waals surface area contributed by atoms with Gasteiger partial charge in [-0.25, -0.2) is 0 Å². The third-order valence-electron chi connectivity index (χ3n) is 5.44. The second kappa shape index (κ2) is 13.2. The highest BCUT2D eigenvalue weighted by atomic mass is 127. The molecule has 7 nitrogen and oxygen atoms in total. The second-order valence-electron chi connectivity index (χ2n) is 7.40. The highest BCUT2D eigenvalue weighted by Gasteiger charge is 2.32. The average Bonchev–Trinajstić information content (AvgIpc) is 3.29. The van der Waals surface area contributed by atoms with Gasteiger partial charge in [-0.3, -0.25) is 4.99 Å². The zero-order valence-electron chi connectivity index (χ0n) is 18.4. The standard InChI is InChI=1S/C22H35N3O4.HI/c1-4-27-20-15-17(9-10-18(20)26-3)7-5-11-24-22(23-2)25-12-14-29-21(16-25)19-8-6-13-28-19;/h9-10,15,19,21H,4-8,11-14,16H2,1-3H3,(H,23,24);1H. The van der Waals surface area contributed by atoms with Gasteiger partial charge in [-0.15, -0.1) is 24.0 Å². The molecule has 2 aliphatic rings. The molecule has 1 N–H and O–H groups in total. The summed E-state index contributed by atoms with van der Waals surface area (Å²) in [6, 6.07) is 6.15. The summed E-state index contributed by atoms with van der Waals surface area (Å²) in [5.41, 5.74) is 1.25. The minimum atomic E-state index is 0. The number of rotatable bonds is 8. The first-order valence-electron chi connectivity index (χ1n) is 10.7. The summed E-state index contributed by atoms with van der Waals surface area (Å²) in [6.07, 6.45) is 4.57. The Morgan fingerprint density at radius 3 is 2.77 bits per heavy atom. The maximum absolute atomic E-state index is 5.95. The van der Waals surface area contributed by atoms with E-state index in [4.69, 9.17) is 18.9 Å². The molecule has 2 atom stereocenters. The fraction of sp³-hybridized carbons (Fsp3) is 0.682. The minimum Gasteiger partial charge on any atom is -0.493 e. The van der Waals surface area contributed by atoms with Gasteiger partial charge in [-0.1, -0.05) is 6.07 Å². The van der Waals surface area contributed by atoms with Crippen molar-refractivity contribution in [3.05, 3.63) is 23.8 Å². The van der Waals surface area contributed by atoms with Gasteiger partial charge in [0.2, 0.25) is 0 Å². The zero-order valence-corrected chi connectivity index (χ0v) is 20.7. The quantitative estimate of drug-likeness (QED) is 0.240. The fourth-order valence-electron chi connectivity index (χ4n) is 3.96. The van der Waals surface area contributed by atoms with Gasteiger partial charge in [0, 0.05) is 33.3 Å². The molecule has 30 heavy (non-hydrogen) atoms. The molecule has 0 aliphatic carbocycles. The first-order chi connectivity index (χ1) is 14.2. The lowest BCUT2D eigenvalue weighted by molar-refractivity contribution is -0.0816. The van der Waals surface area contributed by atoms with E-state index in [9.17, 15) is 0 Å². The SMILES string of the molecule is CCOc1cc(CCCNC(=NC)N2CCOC(C3CCCO3)C2)ccc1OC.I. The molecule has 3 rings (SSSR count). The van der Waals surface area contributed by atoms with Crippen molar-refractivity contribution >= 4 is 29.9 Å². The molecule has 0 spiro atoms. The predicted molar refractivity (Wildman–Crippen MR) is 130 cm³/mol. The summed E-state index contributed by atoms with van der Waals surface area (Å²) >= 11 is 0. The van der Waals surface area contributed by atoms with Crippen molar-refractivity contribution in [3.63, 3.8) is 0 Å². The van der Waals surface area contributed by atoms with Crippen LogP contribution in [0, 0.1) is 0 Å². The maximum atomic E-state index is 5.95. The predicted octanol–water partition coefficient (Wildman–Crippen LogP) is 3.10. The highest BCUT2D eigenvalue weighted by Crippen LogP contribution is 2.28. The molecule has 2 heterocycles. The lowest BCUT2D eigenvalue weighted by Gasteiger charge is -2.37. The summed E-state index contributed by atoms with van der Waals surface area (Å²) in [6.45, 7) is 6.75. The number of hydrogen-bond donors (Lipinski definition) is 1. The molecule has 8 heteroatoms. The number of morpholine rings is 1. The number of aliphatic imine (C=N–C) groups is 1. The van der Waals surface area contributed by atoms with Crippen LogP contribution >= 0.6 is 24.0 Å². The molecular formula is C22H36IN3O4. The maximum Gasteiger partial charge on any atom is 0.193 e. The van der Waals surface area contributed by atoms with Gasteiger partial charge in [0.25, 0.3) is 0 Å². The van der Waals surface area contributed by atoms with Crippen molar-refractivity contribution in [3.8, 4) is 11.5 Å². The largest absolute Gasteiger partial charge is 0.493 e. The Kier molecular flexibility index (Phi) is 11.0. The van der Waals surface area contributed by atoms with E-state index >= 15 is 0 Å². The molecular weight excluding hydrogens is 497 g/mol. The van der Waals surface area contributed by atoms with Gasteiger partial charge in [-0.2, -0.15) is 0 Å². The van der Waals surface area contributed by atoms with Crippen LogP contribution in [0.4, 0.5) is 0 Å². The molecule has 1 aromatic carbocycles. The van der Waals surface area contributed by atoms with Gasteiger partial charge in [0.15, 0.2) is 17.5 Å². The van der Waals surface area contributed by atoms with Crippen LogP contribution in [-0.4, -0.2) is 76.7 Å². The van der Waals surface area contributed by atoms with Crippen LogP contribution in [-0.2, 0) is 15.9 Å². The van der Waals surface area contributed by atoms with Gasteiger partial charge in [-0.05, 0) is 50.3 Å². The molecule has 0 aromatic heterocycles. The van der Waals surface area contributed by atoms with Gasteiger partial charge >= 0.3 is 0 Å². The lowest BCUT2D eigenvalue weighted by Crippen LogP contribution is -2.53. The first kappa shape index (κ1) is 25.0. The molecule has 0 saturated carbocycles. The van der Waals surface area contributed by atoms with Crippen molar-refractivity contribution in [2.24, 2.45) is 4.99 Å². The number of benzene rings is 1. The van der Waals surface area contributed by atoms with Crippen molar-refractivity contribution in [1.29, 1.82) is 0 Å².